The summed E-state index contributed by atoms with van der Waals surface area (Å²) in [5.41, 5.74) is 0. The summed E-state index contributed by atoms with van der Waals surface area (Å²) in [5, 5.41) is 0. The molecule has 0 aliphatic heterocycles. The first-order chi connectivity index (χ1) is 3.39. The van der Waals surface area contributed by atoms with Gasteiger partial charge in [0.1, 0.15) is 0 Å². The Balaban J connectivity index is 2.40. The van der Waals surface area contributed by atoms with E-state index in [0.29, 0.717) is 0 Å². The molecular formula is C6H10Pb. The van der Waals surface area contributed by atoms with E-state index in [-0.39, 0.29) is 0 Å². The van der Waals surface area contributed by atoms with Gasteiger partial charge < -0.3 is 0 Å². The zero-order chi connectivity index (χ0) is 5.11. The molecule has 0 nitrogen and oxygen atoms in total. The third kappa shape index (κ3) is 1.93. The molecule has 0 saturated heterocycles. The summed E-state index contributed by atoms with van der Waals surface area (Å²) in [6, 6.07) is 0. The molecule has 0 unspecified atom stereocenters. The van der Waals surface area contributed by atoms with E-state index in [9.17, 15) is 0 Å². The first kappa shape index (κ1) is 5.79. The maximum atomic E-state index is 2.42. The van der Waals surface area contributed by atoms with Gasteiger partial charge in [-0.15, -0.1) is 0 Å². The van der Waals surface area contributed by atoms with Crippen molar-refractivity contribution in [1.29, 1.82) is 0 Å². The van der Waals surface area contributed by atoms with E-state index in [0.717, 1.165) is 25.8 Å². The first-order valence-corrected chi connectivity index (χ1v) is 5.08. The average molecular weight is 289 g/mol. The monoisotopic (exact) mass is 290 g/mol. The van der Waals surface area contributed by atoms with Crippen LogP contribution in [0.1, 0.15) is 25.7 Å². The van der Waals surface area contributed by atoms with Crippen molar-refractivity contribution in [1.82, 2.24) is 0 Å². The van der Waals surface area contributed by atoms with Gasteiger partial charge in [-0.1, -0.05) is 0 Å². The Kier molecular flexibility index (Phi) is 2.36. The molecule has 1 heteroatoms. The predicted molar refractivity (Wildman–Crippen MR) is 33.7 cm³/mol. The Morgan fingerprint density at radius 2 is 2.29 bits per heavy atom. The van der Waals surface area contributed by atoms with Crippen LogP contribution in [0.15, 0.2) is 9.21 Å². The molecule has 0 atom stereocenters. The summed E-state index contributed by atoms with van der Waals surface area (Å²) < 4.78 is 1.76. The summed E-state index contributed by atoms with van der Waals surface area (Å²) in [6.07, 6.45) is 8.11. The number of hydrogen-bond acceptors (Lipinski definition) is 0. The van der Waals surface area contributed by atoms with Crippen molar-refractivity contribution in [3.05, 3.63) is 9.21 Å². The quantitative estimate of drug-likeness (QED) is 0.591. The zero-order valence-electron chi connectivity index (χ0n) is 4.48. The van der Waals surface area contributed by atoms with Crippen LogP contribution in [0.2, 0.25) is 0 Å². The summed E-state index contributed by atoms with van der Waals surface area (Å²) in [5.74, 6) is 0. The van der Waals surface area contributed by atoms with Gasteiger partial charge in [0.05, 0.1) is 0 Å². The van der Waals surface area contributed by atoms with E-state index in [4.69, 9.17) is 0 Å². The van der Waals surface area contributed by atoms with Crippen LogP contribution in [-0.4, -0.2) is 25.8 Å². The fourth-order valence-electron chi connectivity index (χ4n) is 0.863. The molecule has 0 aromatic rings. The van der Waals surface area contributed by atoms with Gasteiger partial charge >= 0.3 is 60.7 Å². The van der Waals surface area contributed by atoms with Crippen LogP contribution in [0.5, 0.6) is 0 Å². The molecule has 0 bridgehead atoms. The maximum absolute atomic E-state index is 2.42. The molecule has 0 amide bonds. The van der Waals surface area contributed by atoms with E-state index in [1.165, 1.54) is 25.7 Å². The molecule has 1 aliphatic carbocycles. The van der Waals surface area contributed by atoms with Crippen LogP contribution < -0.4 is 0 Å². The Bertz CT molecular complexity index is 84.2. The molecule has 1 rings (SSSR count). The number of allylic oxidation sites excluding steroid dienone is 2. The Labute approximate surface area is 60.7 Å². The van der Waals surface area contributed by atoms with Crippen molar-refractivity contribution in [2.45, 2.75) is 25.7 Å². The van der Waals surface area contributed by atoms with Gasteiger partial charge in [0, 0.05) is 0 Å². The second-order valence-electron chi connectivity index (χ2n) is 2.02. The minimum absolute atomic E-state index is 1.13. The van der Waals surface area contributed by atoms with E-state index < -0.39 is 0 Å². The summed E-state index contributed by atoms with van der Waals surface area (Å²) >= 11 is 1.13. The Hall–Kier alpha value is 0.662. The predicted octanol–water partition coefficient (Wildman–Crippen LogP) is 1.35. The van der Waals surface area contributed by atoms with E-state index in [2.05, 4.69) is 6.08 Å². The van der Waals surface area contributed by atoms with Crippen molar-refractivity contribution in [3.8, 4) is 0 Å². The van der Waals surface area contributed by atoms with Crippen LogP contribution in [0.4, 0.5) is 0 Å². The Morgan fingerprint density at radius 1 is 1.43 bits per heavy atom. The average Bonchev–Trinajstić information content (AvgIpc) is 1.69. The first-order valence-electron chi connectivity index (χ1n) is 2.84. The molecule has 2 radical (unpaired) electrons. The summed E-state index contributed by atoms with van der Waals surface area (Å²) in [7, 11) is 0. The van der Waals surface area contributed by atoms with Crippen molar-refractivity contribution < 1.29 is 0 Å². The molecule has 0 saturated carbocycles. The second kappa shape index (κ2) is 2.85. The van der Waals surface area contributed by atoms with Gasteiger partial charge in [-0.25, -0.2) is 0 Å². The summed E-state index contributed by atoms with van der Waals surface area (Å²) in [4.78, 5) is 0. The molecule has 0 aromatic heterocycles. The van der Waals surface area contributed by atoms with Gasteiger partial charge in [-0.3, -0.25) is 0 Å². The van der Waals surface area contributed by atoms with E-state index in [1.807, 2.05) is 0 Å². The molecule has 0 heterocycles. The van der Waals surface area contributed by atoms with E-state index in [1.54, 1.807) is 3.13 Å². The molecule has 0 N–H and O–H groups in total. The number of rotatable bonds is 0. The van der Waals surface area contributed by atoms with Crippen molar-refractivity contribution in [2.24, 2.45) is 0 Å². The topological polar surface area (TPSA) is 0 Å². The van der Waals surface area contributed by atoms with Gasteiger partial charge in [0.15, 0.2) is 0 Å². The van der Waals surface area contributed by atoms with Crippen molar-refractivity contribution in [2.75, 3.05) is 0 Å². The standard InChI is InChI=1S/C6H9.Pb.H/c1-2-4-6-5-3-1;;/h1H,2,4-6H2;;. The molecule has 1 aliphatic rings. The summed E-state index contributed by atoms with van der Waals surface area (Å²) in [6.45, 7) is 0. The van der Waals surface area contributed by atoms with Crippen molar-refractivity contribution in [3.63, 3.8) is 0 Å². The fraction of sp³-hybridized carbons (Fsp3) is 0.667. The van der Waals surface area contributed by atoms with E-state index >= 15 is 0 Å². The van der Waals surface area contributed by atoms with Gasteiger partial charge in [-0.05, 0) is 0 Å². The van der Waals surface area contributed by atoms with Crippen LogP contribution in [0, 0.1) is 0 Å². The molecule has 0 aromatic carbocycles. The fourth-order valence-corrected chi connectivity index (χ4v) is 2.30. The minimum atomic E-state index is 1.13. The molecular weight excluding hydrogens is 279 g/mol. The molecule has 0 spiro atoms. The van der Waals surface area contributed by atoms with Crippen molar-refractivity contribution >= 4 is 25.8 Å². The Morgan fingerprint density at radius 3 is 2.57 bits per heavy atom. The van der Waals surface area contributed by atoms with Crippen LogP contribution in [-0.2, 0) is 0 Å². The van der Waals surface area contributed by atoms with Crippen LogP contribution in [0.3, 0.4) is 0 Å². The molecule has 0 fully saturated rings. The zero-order valence-corrected chi connectivity index (χ0v) is 8.97. The SMILES string of the molecule is [PbH][C]1=CCCCC1. The molecule has 38 valence electrons. The van der Waals surface area contributed by atoms with Gasteiger partial charge in [0.25, 0.3) is 0 Å². The molecule has 7 heavy (non-hydrogen) atoms. The van der Waals surface area contributed by atoms with Crippen LogP contribution in [0.25, 0.3) is 0 Å². The normalized spacial score (nSPS) is 21.6. The third-order valence-corrected chi connectivity index (χ3v) is 3.36. The third-order valence-electron chi connectivity index (χ3n) is 1.33. The van der Waals surface area contributed by atoms with Gasteiger partial charge in [-0.2, -0.15) is 0 Å². The second-order valence-corrected chi connectivity index (χ2v) is 4.91. The van der Waals surface area contributed by atoms with Gasteiger partial charge in [0.2, 0.25) is 0 Å². The number of hydrogen-bond donors (Lipinski definition) is 0. The van der Waals surface area contributed by atoms with Crippen LogP contribution >= 0.6 is 0 Å².